The zero-order chi connectivity index (χ0) is 60.1. The maximum absolute atomic E-state index is 13.0. The van der Waals surface area contributed by atoms with Crippen molar-refractivity contribution in [3.05, 3.63) is 119 Å². The second-order valence-corrected chi connectivity index (χ2v) is 25.2. The van der Waals surface area contributed by atoms with Gasteiger partial charge in [0.2, 0.25) is 20.0 Å². The highest BCUT2D eigenvalue weighted by atomic mass is 32.2. The van der Waals surface area contributed by atoms with Crippen LogP contribution in [0.5, 0.6) is 11.5 Å². The number of urea groups is 2. The first kappa shape index (κ1) is 66.5. The van der Waals surface area contributed by atoms with Gasteiger partial charge in [-0.25, -0.2) is 35.9 Å². The van der Waals surface area contributed by atoms with Gasteiger partial charge in [0.05, 0.1) is 101 Å². The number of carbonyl (C=O) groups excluding carboxylic acids is 2. The number of likely N-dealkylation sites (tertiary alicyclic amines) is 2. The van der Waals surface area contributed by atoms with Gasteiger partial charge in [-0.2, -0.15) is 0 Å². The Labute approximate surface area is 508 Å². The first-order valence-electron chi connectivity index (χ1n) is 30.7. The summed E-state index contributed by atoms with van der Waals surface area (Å²) in [6.45, 7) is 9.65. The van der Waals surface area contributed by atoms with Crippen molar-refractivity contribution >= 4 is 32.1 Å². The van der Waals surface area contributed by atoms with Crippen LogP contribution in [0.4, 0.5) is 9.59 Å². The van der Waals surface area contributed by atoms with Gasteiger partial charge in [-0.05, 0) is 148 Å². The molecule has 22 nitrogen and oxygen atoms in total. The van der Waals surface area contributed by atoms with Crippen LogP contribution in [-0.2, 0) is 61.3 Å². The number of nitrogens with one attached hydrogen (secondary N) is 6. The van der Waals surface area contributed by atoms with Crippen LogP contribution in [0.25, 0.3) is 0 Å². The van der Waals surface area contributed by atoms with Crippen LogP contribution >= 0.6 is 0 Å². The van der Waals surface area contributed by atoms with Crippen molar-refractivity contribution in [3.8, 4) is 11.5 Å². The maximum atomic E-state index is 13.0. The Kier molecular flexibility index (Phi) is 27.9. The number of amides is 4. The van der Waals surface area contributed by atoms with E-state index in [2.05, 4.69) is 76.9 Å². The normalized spacial score (nSPS) is 18.9. The van der Waals surface area contributed by atoms with Crippen LogP contribution in [-0.4, -0.2) is 196 Å². The monoisotopic (exact) mass is 1230 g/mol. The Morgan fingerprint density at radius 3 is 1.09 bits per heavy atom. The first-order valence-corrected chi connectivity index (χ1v) is 33.7. The quantitative estimate of drug-likeness (QED) is 0.0303. The summed E-state index contributed by atoms with van der Waals surface area (Å²) in [4.78, 5) is 29.6. The molecule has 6 N–H and O–H groups in total. The molecule has 4 aliphatic rings. The highest BCUT2D eigenvalue weighted by Crippen LogP contribution is 2.41. The number of hydrogen-bond donors (Lipinski definition) is 6. The van der Waals surface area contributed by atoms with Gasteiger partial charge in [0.15, 0.2) is 0 Å². The largest absolute Gasteiger partial charge is 0.484 e. The van der Waals surface area contributed by atoms with Crippen LogP contribution in [0.2, 0.25) is 0 Å². The SMILES string of the molecule is O=C(NCCCCNC(=O)NCCOCCOCCOCCNS(=O)(=O)c1ccc(O[C@H]2c3ccccc3C[C@@H]2N2CCCCC2)cc1)NCCOCCOCCOCCNS(=O)(=O)c1ccc(O[C@H]2c3ccccc3CC2N2CCCCC2)cc1. The molecule has 2 saturated heterocycles. The average molecular weight is 1240 g/mol. The van der Waals surface area contributed by atoms with E-state index in [4.69, 9.17) is 37.9 Å². The summed E-state index contributed by atoms with van der Waals surface area (Å²) in [6, 6.07) is 30.0. The number of ether oxygens (including phenoxy) is 8. The molecule has 2 fully saturated rings. The maximum Gasteiger partial charge on any atom is 0.314 e. The van der Waals surface area contributed by atoms with E-state index in [1.165, 1.54) is 60.8 Å². The Morgan fingerprint density at radius 2 is 0.721 bits per heavy atom. The number of nitrogens with zero attached hydrogens (tertiary/aromatic N) is 2. The number of unbranched alkanes of at least 4 members (excludes halogenated alkanes) is 1. The molecule has 0 radical (unpaired) electrons. The number of carbonyl (C=O) groups is 2. The fraction of sp³-hybridized carbons (Fsp3) is 0.581. The zero-order valence-corrected chi connectivity index (χ0v) is 51.2. The number of sulfonamides is 2. The minimum atomic E-state index is -3.73. The van der Waals surface area contributed by atoms with E-state index in [-0.39, 0.29) is 72.4 Å². The Bertz CT molecular complexity index is 2670. The third-order valence-corrected chi connectivity index (χ3v) is 18.6. The van der Waals surface area contributed by atoms with E-state index in [0.717, 1.165) is 39.0 Å². The van der Waals surface area contributed by atoms with Gasteiger partial charge < -0.3 is 59.2 Å². The van der Waals surface area contributed by atoms with Crippen molar-refractivity contribution in [2.24, 2.45) is 0 Å². The molecule has 86 heavy (non-hydrogen) atoms. The summed E-state index contributed by atoms with van der Waals surface area (Å²) >= 11 is 0. The number of hydrogen-bond acceptors (Lipinski definition) is 16. The zero-order valence-electron chi connectivity index (χ0n) is 49.6. The molecule has 2 aliphatic heterocycles. The van der Waals surface area contributed by atoms with E-state index in [1.54, 1.807) is 48.5 Å². The fourth-order valence-corrected chi connectivity index (χ4v) is 13.2. The second-order valence-electron chi connectivity index (χ2n) is 21.7. The molecule has 2 heterocycles. The fourth-order valence-electron chi connectivity index (χ4n) is 11.2. The third kappa shape index (κ3) is 21.7. The van der Waals surface area contributed by atoms with Crippen molar-refractivity contribution in [1.29, 1.82) is 0 Å². The molecule has 0 spiro atoms. The lowest BCUT2D eigenvalue weighted by Crippen LogP contribution is -2.43. The van der Waals surface area contributed by atoms with Crippen LogP contribution in [0.1, 0.15) is 85.8 Å². The molecule has 4 atom stereocenters. The molecule has 474 valence electrons. The molecule has 4 amide bonds. The van der Waals surface area contributed by atoms with Crippen molar-refractivity contribution in [1.82, 2.24) is 40.5 Å². The Morgan fingerprint density at radius 1 is 0.395 bits per heavy atom. The lowest BCUT2D eigenvalue weighted by atomic mass is 10.0. The lowest BCUT2D eigenvalue weighted by Gasteiger charge is -2.35. The standard InChI is InChI=1S/C62H90N8O14S2/c71-61(65-27-35-77-39-43-81-45-41-79-37-29-67-85(73,74)53-21-17-51(18-22-53)83-59-55-15-5-3-13-49(55)47-57(59)69-31-9-1-10-32-69)63-25-7-8-26-64-62(72)66-28-36-78-40-44-82-46-42-80-38-30-68-86(75,76)54-23-19-52(20-24-54)84-60-56-16-6-4-14-50(56)48-58(60)70-33-11-2-12-34-70/h3-6,13-24,57-60,67-68H,1-2,7-12,25-48H2,(H2,63,65,71)(H2,64,66,72)/t57-,58?,59-,60-/m0/s1. The molecule has 4 aromatic carbocycles. The van der Waals surface area contributed by atoms with Crippen molar-refractivity contribution in [3.63, 3.8) is 0 Å². The minimum Gasteiger partial charge on any atom is -0.484 e. The molecule has 0 bridgehead atoms. The van der Waals surface area contributed by atoms with Crippen LogP contribution < -0.4 is 40.2 Å². The van der Waals surface area contributed by atoms with Gasteiger partial charge in [-0.3, -0.25) is 9.80 Å². The summed E-state index contributed by atoms with van der Waals surface area (Å²) in [5, 5.41) is 11.0. The first-order chi connectivity index (χ1) is 42.0. The third-order valence-electron chi connectivity index (χ3n) is 15.6. The summed E-state index contributed by atoms with van der Waals surface area (Å²) in [5.41, 5.74) is 5.03. The number of fused-ring (bicyclic) bond motifs is 2. The van der Waals surface area contributed by atoms with Gasteiger partial charge in [-0.15, -0.1) is 0 Å². The van der Waals surface area contributed by atoms with Gasteiger partial charge in [0.1, 0.15) is 23.7 Å². The lowest BCUT2D eigenvalue weighted by molar-refractivity contribution is 0.0165. The molecule has 0 aromatic heterocycles. The van der Waals surface area contributed by atoms with E-state index in [1.807, 2.05) is 12.1 Å². The summed E-state index contributed by atoms with van der Waals surface area (Å²) in [5.74, 6) is 1.28. The number of piperidine rings is 2. The van der Waals surface area contributed by atoms with Crippen LogP contribution in [0.3, 0.4) is 0 Å². The van der Waals surface area contributed by atoms with Crippen molar-refractivity contribution in [2.45, 2.75) is 98.3 Å². The topological polar surface area (TPSA) is 255 Å². The van der Waals surface area contributed by atoms with Gasteiger partial charge >= 0.3 is 12.1 Å². The molecule has 4 aromatic rings. The van der Waals surface area contributed by atoms with Crippen molar-refractivity contribution < 1.29 is 64.3 Å². The smallest absolute Gasteiger partial charge is 0.314 e. The highest BCUT2D eigenvalue weighted by Gasteiger charge is 2.40. The van der Waals surface area contributed by atoms with Crippen LogP contribution in [0.15, 0.2) is 107 Å². The van der Waals surface area contributed by atoms with Gasteiger partial charge in [-0.1, -0.05) is 61.4 Å². The summed E-state index contributed by atoms with van der Waals surface area (Å²) in [7, 11) is -7.46. The summed E-state index contributed by atoms with van der Waals surface area (Å²) < 4.78 is 103. The van der Waals surface area contributed by atoms with E-state index < -0.39 is 20.0 Å². The van der Waals surface area contributed by atoms with E-state index in [0.29, 0.717) is 117 Å². The molecular weight excluding hydrogens is 1140 g/mol. The molecule has 2 aliphatic carbocycles. The minimum absolute atomic E-state index is 0.105. The predicted octanol–water partition coefficient (Wildman–Crippen LogP) is 5.48. The predicted molar refractivity (Wildman–Crippen MR) is 326 cm³/mol. The van der Waals surface area contributed by atoms with Crippen LogP contribution in [0, 0.1) is 0 Å². The molecule has 0 saturated carbocycles. The second kappa shape index (κ2) is 36.1. The molecule has 24 heteroatoms. The molecular formula is C62H90N8O14S2. The van der Waals surface area contributed by atoms with E-state index >= 15 is 0 Å². The van der Waals surface area contributed by atoms with Gasteiger partial charge in [0, 0.05) is 39.3 Å². The molecule has 8 rings (SSSR count). The van der Waals surface area contributed by atoms with Gasteiger partial charge in [0.25, 0.3) is 0 Å². The Balaban J connectivity index is 0.534. The average Bonchev–Trinajstić information content (AvgIpc) is 3.28. The Hall–Kier alpha value is -5.48. The molecule has 1 unspecified atom stereocenters. The van der Waals surface area contributed by atoms with Crippen molar-refractivity contribution in [2.75, 3.05) is 145 Å². The summed E-state index contributed by atoms with van der Waals surface area (Å²) in [6.07, 6.45) is 10.4. The van der Waals surface area contributed by atoms with E-state index in [9.17, 15) is 26.4 Å². The number of benzene rings is 4. The highest BCUT2D eigenvalue weighted by molar-refractivity contribution is 7.89. The number of rotatable bonds is 39.